The fourth-order valence-corrected chi connectivity index (χ4v) is 5.28. The van der Waals surface area contributed by atoms with E-state index in [1.54, 1.807) is 6.07 Å². The monoisotopic (exact) mass is 438 g/mol. The largest absolute Gasteiger partial charge is 1.00 e. The number of rotatable bonds is 3. The summed E-state index contributed by atoms with van der Waals surface area (Å²) >= 11 is 0. The molecule has 0 heterocycles. The van der Waals surface area contributed by atoms with Crippen LogP contribution in [0.15, 0.2) is 72.8 Å². The van der Waals surface area contributed by atoms with Crippen molar-refractivity contribution in [3.8, 4) is 28.0 Å². The van der Waals surface area contributed by atoms with Gasteiger partial charge in [-0.15, -0.1) is 0 Å². The van der Waals surface area contributed by atoms with Crippen LogP contribution in [0, 0.1) is 20.8 Å². The van der Waals surface area contributed by atoms with E-state index in [2.05, 4.69) is 94.2 Å². The Balaban J connectivity index is 0.00000274. The van der Waals surface area contributed by atoms with Gasteiger partial charge >= 0.3 is 18.9 Å². The molecule has 0 saturated heterocycles. The van der Waals surface area contributed by atoms with Crippen LogP contribution in [0.5, 0.6) is 5.75 Å². The van der Waals surface area contributed by atoms with Gasteiger partial charge in [0.15, 0.2) is 6.21 Å². The molecule has 1 aliphatic carbocycles. The van der Waals surface area contributed by atoms with Crippen molar-refractivity contribution in [2.45, 2.75) is 40.0 Å². The average Bonchev–Trinajstić information content (AvgIpc) is 3.01. The smallest absolute Gasteiger partial charge is 0.872 e. The summed E-state index contributed by atoms with van der Waals surface area (Å²) in [7, 11) is 0. The van der Waals surface area contributed by atoms with Crippen molar-refractivity contribution in [2.75, 3.05) is 0 Å². The van der Waals surface area contributed by atoms with Gasteiger partial charge < -0.3 is 5.11 Å². The molecular formula is C31H29LiNO+. The Kier molecular flexibility index (Phi) is 6.34. The van der Waals surface area contributed by atoms with E-state index in [1.807, 2.05) is 18.3 Å². The summed E-state index contributed by atoms with van der Waals surface area (Å²) in [6, 6.07) is 25.3. The van der Waals surface area contributed by atoms with Crippen LogP contribution in [-0.2, 0) is 5.41 Å². The molecule has 4 aromatic carbocycles. The second kappa shape index (κ2) is 8.95. The van der Waals surface area contributed by atoms with Gasteiger partial charge in [0, 0.05) is 22.1 Å². The summed E-state index contributed by atoms with van der Waals surface area (Å²) in [4.78, 5) is 3.39. The Morgan fingerprint density at radius 3 is 2.09 bits per heavy atom. The first-order valence-electron chi connectivity index (χ1n) is 11.5. The maximum Gasteiger partial charge on any atom is 1.00 e. The molecule has 0 radical (unpaired) electrons. The molecule has 2 nitrogen and oxygen atoms in total. The van der Waals surface area contributed by atoms with E-state index in [9.17, 15) is 5.11 Å². The standard InChI is InChI=1S/C31H29NO.Li/c1-19-14-20(2)30(21(3)15-19)32-18-24-16-22(11-13-29(24)33)23-10-12-26-25-8-6-7-9-27(25)31(4,5)28(26)17-23;/h6-18,33H,1-5H3;/q;+1. The van der Waals surface area contributed by atoms with Gasteiger partial charge in [0.05, 0.1) is 0 Å². The molecule has 0 aliphatic heterocycles. The molecule has 164 valence electrons. The predicted octanol–water partition coefficient (Wildman–Crippen LogP) is 2.49. The van der Waals surface area contributed by atoms with Gasteiger partial charge in [0.2, 0.25) is 5.69 Å². The summed E-state index contributed by atoms with van der Waals surface area (Å²) < 4.78 is 0. The minimum absolute atomic E-state index is 0. The number of nitrogens with one attached hydrogen (secondary N) is 1. The van der Waals surface area contributed by atoms with Crippen LogP contribution in [-0.4, -0.2) is 6.21 Å². The fraction of sp³-hybridized carbons (Fsp3) is 0.194. The number of fused-ring (bicyclic) bond motifs is 3. The first-order valence-corrected chi connectivity index (χ1v) is 11.5. The maximum atomic E-state index is 12.6. The number of benzene rings is 4. The van der Waals surface area contributed by atoms with Crippen molar-refractivity contribution in [1.82, 2.24) is 0 Å². The molecule has 3 heteroatoms. The van der Waals surface area contributed by atoms with Gasteiger partial charge in [-0.05, 0) is 78.4 Å². The SMILES string of the molecule is Cc1cc(C)c([NH+]=Cc2cc(-c3ccc4c(c3)C(C)(C)c3ccccc3-4)ccc2[O-])c(C)c1.[Li+]. The third-order valence-corrected chi connectivity index (χ3v) is 6.98. The van der Waals surface area contributed by atoms with Crippen molar-refractivity contribution in [3.63, 3.8) is 0 Å². The van der Waals surface area contributed by atoms with Crippen LogP contribution in [0.2, 0.25) is 0 Å². The molecule has 0 bridgehead atoms. The van der Waals surface area contributed by atoms with E-state index in [0.29, 0.717) is 5.56 Å². The maximum absolute atomic E-state index is 12.6. The molecule has 5 rings (SSSR count). The Morgan fingerprint density at radius 2 is 1.35 bits per heavy atom. The van der Waals surface area contributed by atoms with Gasteiger partial charge in [-0.25, -0.2) is 4.99 Å². The van der Waals surface area contributed by atoms with Crippen molar-refractivity contribution < 1.29 is 29.0 Å². The van der Waals surface area contributed by atoms with Crippen LogP contribution in [0.1, 0.15) is 47.2 Å². The van der Waals surface area contributed by atoms with Crippen LogP contribution in [0.4, 0.5) is 5.69 Å². The summed E-state index contributed by atoms with van der Waals surface area (Å²) in [6.07, 6.45) is 1.84. The van der Waals surface area contributed by atoms with E-state index in [0.717, 1.165) is 16.8 Å². The summed E-state index contributed by atoms with van der Waals surface area (Å²) in [6.45, 7) is 10.9. The van der Waals surface area contributed by atoms with E-state index < -0.39 is 0 Å². The zero-order valence-corrected chi connectivity index (χ0v) is 20.9. The zero-order valence-electron chi connectivity index (χ0n) is 20.9. The third-order valence-electron chi connectivity index (χ3n) is 6.98. The number of hydrogen-bond acceptors (Lipinski definition) is 1. The number of aryl methyl sites for hydroxylation is 3. The fourth-order valence-electron chi connectivity index (χ4n) is 5.28. The molecular weight excluding hydrogens is 409 g/mol. The first kappa shape index (κ1) is 24.1. The predicted molar refractivity (Wildman–Crippen MR) is 135 cm³/mol. The van der Waals surface area contributed by atoms with Crippen molar-refractivity contribution in [1.29, 1.82) is 0 Å². The number of hydrogen-bond donors (Lipinski definition) is 1. The minimum atomic E-state index is -0.0442. The van der Waals surface area contributed by atoms with E-state index in [4.69, 9.17) is 0 Å². The molecule has 4 aromatic rings. The van der Waals surface area contributed by atoms with Gasteiger partial charge in [0.1, 0.15) is 0 Å². The minimum Gasteiger partial charge on any atom is -0.872 e. The van der Waals surface area contributed by atoms with E-state index >= 15 is 0 Å². The van der Waals surface area contributed by atoms with E-state index in [1.165, 1.54) is 38.9 Å². The van der Waals surface area contributed by atoms with E-state index in [-0.39, 0.29) is 30.0 Å². The van der Waals surface area contributed by atoms with Gasteiger partial charge in [-0.2, -0.15) is 0 Å². The first-order chi connectivity index (χ1) is 15.8. The third kappa shape index (κ3) is 4.03. The summed E-state index contributed by atoms with van der Waals surface area (Å²) in [5.41, 5.74) is 12.8. The molecule has 0 amide bonds. The van der Waals surface area contributed by atoms with Crippen molar-refractivity contribution in [2.24, 2.45) is 0 Å². The molecule has 1 N–H and O–H groups in total. The molecule has 0 spiro atoms. The van der Waals surface area contributed by atoms with Crippen LogP contribution < -0.4 is 29.0 Å². The zero-order chi connectivity index (χ0) is 23.3. The normalized spacial score (nSPS) is 13.4. The molecule has 34 heavy (non-hydrogen) atoms. The molecule has 0 fully saturated rings. The quantitative estimate of drug-likeness (QED) is 0.387. The summed E-state index contributed by atoms with van der Waals surface area (Å²) in [5.74, 6) is 0.0163. The Morgan fingerprint density at radius 1 is 0.735 bits per heavy atom. The topological polar surface area (TPSA) is 37.0 Å². The van der Waals surface area contributed by atoms with Crippen molar-refractivity contribution in [3.05, 3.63) is 106 Å². The molecule has 0 aromatic heterocycles. The molecule has 0 saturated carbocycles. The van der Waals surface area contributed by atoms with Crippen LogP contribution >= 0.6 is 0 Å². The van der Waals surface area contributed by atoms with Gasteiger partial charge in [-0.3, -0.25) is 0 Å². The average molecular weight is 439 g/mol. The van der Waals surface area contributed by atoms with Gasteiger partial charge in [0.25, 0.3) is 0 Å². The second-order valence-corrected chi connectivity index (χ2v) is 9.75. The molecule has 1 aliphatic rings. The molecule has 0 atom stereocenters. The summed E-state index contributed by atoms with van der Waals surface area (Å²) in [5, 5.41) is 12.6. The van der Waals surface area contributed by atoms with Crippen molar-refractivity contribution >= 4 is 11.9 Å². The Hall–Kier alpha value is -3.05. The Bertz CT molecular complexity index is 1410. The van der Waals surface area contributed by atoms with Crippen LogP contribution in [0.25, 0.3) is 22.3 Å². The Labute approximate surface area is 214 Å². The molecule has 0 unspecified atom stereocenters. The van der Waals surface area contributed by atoms with Gasteiger partial charge in [-0.1, -0.05) is 73.7 Å². The van der Waals surface area contributed by atoms with Crippen LogP contribution in [0.3, 0.4) is 0 Å². The second-order valence-electron chi connectivity index (χ2n) is 9.75.